The van der Waals surface area contributed by atoms with Crippen LogP contribution in [0.3, 0.4) is 0 Å². The van der Waals surface area contributed by atoms with Gasteiger partial charge in [-0.05, 0) is 17.9 Å². The van der Waals surface area contributed by atoms with Crippen molar-refractivity contribution in [2.45, 2.75) is 18.7 Å². The van der Waals surface area contributed by atoms with E-state index in [1.54, 1.807) is 22.7 Å². The van der Waals surface area contributed by atoms with Gasteiger partial charge in [0.15, 0.2) is 0 Å². The number of hydrogen-bond donors (Lipinski definition) is 0. The number of halogens is 1. The Labute approximate surface area is 100.0 Å². The van der Waals surface area contributed by atoms with E-state index in [4.69, 9.17) is 0 Å². The van der Waals surface area contributed by atoms with E-state index < -0.39 is 0 Å². The lowest BCUT2D eigenvalue weighted by molar-refractivity contribution is 1.04. The Morgan fingerprint density at radius 3 is 2.86 bits per heavy atom. The van der Waals surface area contributed by atoms with Crippen molar-refractivity contribution in [2.75, 3.05) is 0 Å². The predicted octanol–water partition coefficient (Wildman–Crippen LogP) is 4.33. The third kappa shape index (κ3) is 1.92. The standard InChI is InChI=1S/C10H10BrNS2/c1-2-7-9(6-11)14-10(12-7)8-4-3-5-13-8/h3-5H,2,6H2,1H3. The number of thiophene rings is 1. The largest absolute Gasteiger partial charge is 0.240 e. The molecule has 0 atom stereocenters. The maximum atomic E-state index is 4.64. The van der Waals surface area contributed by atoms with Gasteiger partial charge < -0.3 is 0 Å². The van der Waals surface area contributed by atoms with Crippen molar-refractivity contribution in [1.82, 2.24) is 4.98 Å². The van der Waals surface area contributed by atoms with Crippen LogP contribution < -0.4 is 0 Å². The lowest BCUT2D eigenvalue weighted by atomic mass is 10.3. The summed E-state index contributed by atoms with van der Waals surface area (Å²) < 4.78 is 0. The first-order chi connectivity index (χ1) is 6.85. The lowest BCUT2D eigenvalue weighted by Gasteiger charge is -1.90. The van der Waals surface area contributed by atoms with Gasteiger partial charge in [-0.1, -0.05) is 28.9 Å². The van der Waals surface area contributed by atoms with Gasteiger partial charge in [0.2, 0.25) is 0 Å². The second-order valence-corrected chi connectivity index (χ2v) is 5.45. The average Bonchev–Trinajstić information content (AvgIpc) is 2.85. The Morgan fingerprint density at radius 2 is 2.36 bits per heavy atom. The highest BCUT2D eigenvalue weighted by molar-refractivity contribution is 9.08. The molecule has 0 saturated carbocycles. The highest BCUT2D eigenvalue weighted by atomic mass is 79.9. The van der Waals surface area contributed by atoms with Crippen molar-refractivity contribution < 1.29 is 0 Å². The first-order valence-corrected chi connectivity index (χ1v) is 7.25. The monoisotopic (exact) mass is 287 g/mol. The summed E-state index contributed by atoms with van der Waals surface area (Å²) in [6, 6.07) is 4.20. The zero-order valence-corrected chi connectivity index (χ0v) is 11.0. The Kier molecular flexibility index (Phi) is 3.36. The molecule has 0 aliphatic heterocycles. The molecule has 14 heavy (non-hydrogen) atoms. The topological polar surface area (TPSA) is 12.9 Å². The number of aryl methyl sites for hydroxylation is 1. The van der Waals surface area contributed by atoms with Crippen LogP contribution in [0.2, 0.25) is 0 Å². The number of nitrogens with zero attached hydrogens (tertiary/aromatic N) is 1. The molecule has 0 spiro atoms. The van der Waals surface area contributed by atoms with Gasteiger partial charge in [0.1, 0.15) is 5.01 Å². The number of thiazole rings is 1. The van der Waals surface area contributed by atoms with Crippen LogP contribution in [0.25, 0.3) is 9.88 Å². The Bertz CT molecular complexity index is 384. The molecule has 2 rings (SSSR count). The molecule has 2 aromatic rings. The fourth-order valence-electron chi connectivity index (χ4n) is 1.27. The summed E-state index contributed by atoms with van der Waals surface area (Å²) in [5, 5.41) is 4.17. The summed E-state index contributed by atoms with van der Waals surface area (Å²) in [4.78, 5) is 7.27. The second-order valence-electron chi connectivity index (χ2n) is 2.85. The molecular formula is C10H10BrNS2. The maximum Gasteiger partial charge on any atom is 0.133 e. The fourth-order valence-corrected chi connectivity index (χ4v) is 3.73. The van der Waals surface area contributed by atoms with E-state index in [1.165, 1.54) is 15.4 Å². The molecule has 1 nitrogen and oxygen atoms in total. The lowest BCUT2D eigenvalue weighted by Crippen LogP contribution is -1.83. The molecule has 2 aromatic heterocycles. The molecule has 0 aromatic carbocycles. The molecule has 74 valence electrons. The van der Waals surface area contributed by atoms with Crippen LogP contribution in [0.1, 0.15) is 17.5 Å². The summed E-state index contributed by atoms with van der Waals surface area (Å²) in [7, 11) is 0. The van der Waals surface area contributed by atoms with Crippen LogP contribution in [-0.2, 0) is 11.8 Å². The summed E-state index contributed by atoms with van der Waals surface area (Å²) in [6.07, 6.45) is 1.02. The molecule has 2 heterocycles. The zero-order chi connectivity index (χ0) is 9.97. The van der Waals surface area contributed by atoms with Crippen LogP contribution in [0.5, 0.6) is 0 Å². The predicted molar refractivity (Wildman–Crippen MR) is 67.4 cm³/mol. The molecule has 0 radical (unpaired) electrons. The smallest absolute Gasteiger partial charge is 0.133 e. The van der Waals surface area contributed by atoms with Gasteiger partial charge in [0.25, 0.3) is 0 Å². The van der Waals surface area contributed by atoms with E-state index in [1.807, 2.05) is 0 Å². The van der Waals surface area contributed by atoms with Crippen molar-refractivity contribution in [2.24, 2.45) is 0 Å². The Morgan fingerprint density at radius 1 is 1.50 bits per heavy atom. The average molecular weight is 288 g/mol. The van der Waals surface area contributed by atoms with Crippen LogP contribution in [0, 0.1) is 0 Å². The van der Waals surface area contributed by atoms with Gasteiger partial charge in [-0.15, -0.1) is 22.7 Å². The maximum absolute atomic E-state index is 4.64. The van der Waals surface area contributed by atoms with Crippen molar-refractivity contribution in [3.05, 3.63) is 28.1 Å². The SMILES string of the molecule is CCc1nc(-c2cccs2)sc1CBr. The van der Waals surface area contributed by atoms with E-state index >= 15 is 0 Å². The van der Waals surface area contributed by atoms with Gasteiger partial charge in [-0.2, -0.15) is 0 Å². The van der Waals surface area contributed by atoms with Gasteiger partial charge in [-0.25, -0.2) is 4.98 Å². The van der Waals surface area contributed by atoms with Crippen LogP contribution >= 0.6 is 38.6 Å². The van der Waals surface area contributed by atoms with Crippen molar-refractivity contribution >= 4 is 38.6 Å². The highest BCUT2D eigenvalue weighted by Crippen LogP contribution is 2.32. The van der Waals surface area contributed by atoms with Gasteiger partial charge in [-0.3, -0.25) is 0 Å². The molecule has 0 aliphatic carbocycles. The molecule has 0 amide bonds. The van der Waals surface area contributed by atoms with Gasteiger partial charge in [0, 0.05) is 10.2 Å². The third-order valence-electron chi connectivity index (χ3n) is 1.97. The van der Waals surface area contributed by atoms with Crippen molar-refractivity contribution in [3.8, 4) is 9.88 Å². The second kappa shape index (κ2) is 4.55. The van der Waals surface area contributed by atoms with E-state index in [-0.39, 0.29) is 0 Å². The third-order valence-corrected chi connectivity index (χ3v) is 5.04. The molecule has 0 fully saturated rings. The molecule has 0 saturated heterocycles. The number of hydrogen-bond acceptors (Lipinski definition) is 3. The summed E-state index contributed by atoms with van der Waals surface area (Å²) >= 11 is 7.05. The Balaban J connectivity index is 2.41. The quantitative estimate of drug-likeness (QED) is 0.766. The van der Waals surface area contributed by atoms with Crippen molar-refractivity contribution in [1.29, 1.82) is 0 Å². The van der Waals surface area contributed by atoms with Crippen LogP contribution in [0.15, 0.2) is 17.5 Å². The molecule has 0 aliphatic rings. The molecule has 4 heteroatoms. The van der Waals surface area contributed by atoms with E-state index in [0.717, 1.165) is 16.8 Å². The normalized spacial score (nSPS) is 10.7. The number of aromatic nitrogens is 1. The van der Waals surface area contributed by atoms with Crippen LogP contribution in [-0.4, -0.2) is 4.98 Å². The van der Waals surface area contributed by atoms with E-state index in [0.29, 0.717) is 0 Å². The summed E-state index contributed by atoms with van der Waals surface area (Å²) in [5.41, 5.74) is 1.23. The summed E-state index contributed by atoms with van der Waals surface area (Å²) in [6.45, 7) is 2.15. The minimum absolute atomic E-state index is 0.916. The molecule has 0 N–H and O–H groups in total. The van der Waals surface area contributed by atoms with Gasteiger partial charge in [0.05, 0.1) is 10.6 Å². The van der Waals surface area contributed by atoms with Crippen molar-refractivity contribution in [3.63, 3.8) is 0 Å². The molecule has 0 bridgehead atoms. The minimum Gasteiger partial charge on any atom is -0.240 e. The first-order valence-electron chi connectivity index (χ1n) is 4.43. The zero-order valence-electron chi connectivity index (χ0n) is 7.79. The summed E-state index contributed by atoms with van der Waals surface area (Å²) in [5.74, 6) is 0. The van der Waals surface area contributed by atoms with Gasteiger partial charge >= 0.3 is 0 Å². The Hall–Kier alpha value is -0.190. The van der Waals surface area contributed by atoms with E-state index in [2.05, 4.69) is 45.4 Å². The minimum atomic E-state index is 0.916. The first kappa shape index (κ1) is 10.3. The fraction of sp³-hybridized carbons (Fsp3) is 0.300. The molecular weight excluding hydrogens is 278 g/mol. The molecule has 0 unspecified atom stereocenters. The van der Waals surface area contributed by atoms with Crippen LogP contribution in [0.4, 0.5) is 0 Å². The highest BCUT2D eigenvalue weighted by Gasteiger charge is 2.10. The van der Waals surface area contributed by atoms with E-state index in [9.17, 15) is 0 Å². The number of rotatable bonds is 3. The number of alkyl halides is 1.